The molecule has 2 aromatic rings. The van der Waals surface area contributed by atoms with E-state index in [4.69, 9.17) is 4.98 Å². The Labute approximate surface area is 126 Å². The fraction of sp³-hybridized carbons (Fsp3) is 0.412. The summed E-state index contributed by atoms with van der Waals surface area (Å²) in [5.41, 5.74) is 2.24. The molecule has 2 aromatic heterocycles. The Morgan fingerprint density at radius 3 is 2.76 bits per heavy atom. The molecule has 110 valence electrons. The molecule has 0 bridgehead atoms. The Hall–Kier alpha value is -1.94. The monoisotopic (exact) mass is 282 g/mol. The van der Waals surface area contributed by atoms with Crippen molar-refractivity contribution < 1.29 is 0 Å². The van der Waals surface area contributed by atoms with Crippen LogP contribution in [0.2, 0.25) is 0 Å². The van der Waals surface area contributed by atoms with Gasteiger partial charge < -0.3 is 10.2 Å². The van der Waals surface area contributed by atoms with Crippen LogP contribution in [0.1, 0.15) is 24.2 Å². The zero-order valence-corrected chi connectivity index (χ0v) is 12.5. The zero-order valence-electron chi connectivity index (χ0n) is 12.5. The van der Waals surface area contributed by atoms with Crippen LogP contribution in [-0.2, 0) is 13.0 Å². The normalized spacial score (nSPS) is 14.1. The first-order valence-electron chi connectivity index (χ1n) is 7.61. The molecular weight excluding hydrogens is 260 g/mol. The van der Waals surface area contributed by atoms with Crippen molar-refractivity contribution in [2.24, 2.45) is 0 Å². The number of hydrogen-bond acceptors (Lipinski definition) is 4. The molecule has 1 N–H and O–H groups in total. The van der Waals surface area contributed by atoms with Gasteiger partial charge in [-0.3, -0.25) is 4.98 Å². The highest BCUT2D eigenvalue weighted by molar-refractivity contribution is 5.38. The Balaban J connectivity index is 1.55. The number of nitrogens with zero attached hydrogens (tertiary/aromatic N) is 3. The van der Waals surface area contributed by atoms with Gasteiger partial charge in [-0.2, -0.15) is 0 Å². The van der Waals surface area contributed by atoms with Crippen LogP contribution in [0.15, 0.2) is 42.6 Å². The second-order valence-corrected chi connectivity index (χ2v) is 5.63. The van der Waals surface area contributed by atoms with Crippen molar-refractivity contribution >= 4 is 5.82 Å². The summed E-state index contributed by atoms with van der Waals surface area (Å²) < 4.78 is 0. The summed E-state index contributed by atoms with van der Waals surface area (Å²) in [6.45, 7) is 1.79. The van der Waals surface area contributed by atoms with Gasteiger partial charge >= 0.3 is 0 Å². The van der Waals surface area contributed by atoms with E-state index in [1.165, 1.54) is 12.8 Å². The van der Waals surface area contributed by atoms with Crippen molar-refractivity contribution in [3.05, 3.63) is 54.0 Å². The van der Waals surface area contributed by atoms with Crippen molar-refractivity contribution in [2.45, 2.75) is 31.8 Å². The third-order valence-corrected chi connectivity index (χ3v) is 3.76. The van der Waals surface area contributed by atoms with Crippen molar-refractivity contribution in [1.29, 1.82) is 0 Å². The molecule has 21 heavy (non-hydrogen) atoms. The molecule has 3 rings (SSSR count). The lowest BCUT2D eigenvalue weighted by Gasteiger charge is -2.18. The molecule has 1 saturated carbocycles. The fourth-order valence-electron chi connectivity index (χ4n) is 2.26. The van der Waals surface area contributed by atoms with E-state index < -0.39 is 0 Å². The molecule has 0 aliphatic heterocycles. The minimum Gasteiger partial charge on any atom is -0.359 e. The van der Waals surface area contributed by atoms with Crippen LogP contribution in [0.3, 0.4) is 0 Å². The molecule has 4 nitrogen and oxygen atoms in total. The molecule has 1 aliphatic rings. The predicted octanol–water partition coefficient (Wildman–Crippen LogP) is 2.41. The third kappa shape index (κ3) is 4.26. The molecule has 0 atom stereocenters. The molecule has 0 spiro atoms. The number of likely N-dealkylation sites (N-methyl/N-ethyl adjacent to an activating group) is 1. The third-order valence-electron chi connectivity index (χ3n) is 3.76. The van der Waals surface area contributed by atoms with Crippen LogP contribution in [0.25, 0.3) is 0 Å². The number of pyridine rings is 2. The molecule has 1 fully saturated rings. The summed E-state index contributed by atoms with van der Waals surface area (Å²) in [7, 11) is 2.09. The van der Waals surface area contributed by atoms with Gasteiger partial charge in [0, 0.05) is 44.5 Å². The molecular formula is C17H22N4. The Bertz CT molecular complexity index is 566. The predicted molar refractivity (Wildman–Crippen MR) is 85.3 cm³/mol. The topological polar surface area (TPSA) is 41.1 Å². The zero-order chi connectivity index (χ0) is 14.5. The van der Waals surface area contributed by atoms with Gasteiger partial charge in [0.2, 0.25) is 0 Å². The largest absolute Gasteiger partial charge is 0.359 e. The molecule has 0 unspecified atom stereocenters. The molecule has 4 heteroatoms. The highest BCUT2D eigenvalue weighted by Crippen LogP contribution is 2.19. The van der Waals surface area contributed by atoms with Crippen LogP contribution in [0.4, 0.5) is 5.82 Å². The fourth-order valence-corrected chi connectivity index (χ4v) is 2.26. The van der Waals surface area contributed by atoms with Crippen molar-refractivity contribution in [1.82, 2.24) is 15.3 Å². The number of anilines is 1. The summed E-state index contributed by atoms with van der Waals surface area (Å²) in [5, 5.41) is 3.51. The van der Waals surface area contributed by atoms with E-state index in [1.54, 1.807) is 0 Å². The van der Waals surface area contributed by atoms with Crippen LogP contribution in [0, 0.1) is 0 Å². The van der Waals surface area contributed by atoms with Crippen molar-refractivity contribution in [2.75, 3.05) is 18.5 Å². The van der Waals surface area contributed by atoms with Gasteiger partial charge in [-0.25, -0.2) is 4.98 Å². The average molecular weight is 282 g/mol. The molecule has 0 aromatic carbocycles. The lowest BCUT2D eigenvalue weighted by Crippen LogP contribution is -2.23. The van der Waals surface area contributed by atoms with Crippen LogP contribution in [0.5, 0.6) is 0 Å². The summed E-state index contributed by atoms with van der Waals surface area (Å²) in [5.74, 6) is 1.03. The summed E-state index contributed by atoms with van der Waals surface area (Å²) in [4.78, 5) is 11.3. The first-order chi connectivity index (χ1) is 10.3. The summed E-state index contributed by atoms with van der Waals surface area (Å²) >= 11 is 0. The lowest BCUT2D eigenvalue weighted by molar-refractivity contribution is 0.673. The van der Waals surface area contributed by atoms with E-state index in [0.717, 1.165) is 42.8 Å². The van der Waals surface area contributed by atoms with Crippen LogP contribution in [-0.4, -0.2) is 29.6 Å². The molecule has 0 saturated heterocycles. The van der Waals surface area contributed by atoms with E-state index in [-0.39, 0.29) is 0 Å². The van der Waals surface area contributed by atoms with E-state index >= 15 is 0 Å². The van der Waals surface area contributed by atoms with Gasteiger partial charge in [-0.1, -0.05) is 12.1 Å². The smallest absolute Gasteiger partial charge is 0.128 e. The summed E-state index contributed by atoms with van der Waals surface area (Å²) in [6.07, 6.45) is 5.40. The second kappa shape index (κ2) is 6.68. The first-order valence-corrected chi connectivity index (χ1v) is 7.61. The Kier molecular flexibility index (Phi) is 4.46. The van der Waals surface area contributed by atoms with Gasteiger partial charge in [0.25, 0.3) is 0 Å². The standard InChI is InChI=1S/C17H22N4/c1-21(12-10-14-5-2-3-11-18-14)17-7-4-6-16(20-17)13-19-15-8-9-15/h2-7,11,15,19H,8-10,12-13H2,1H3. The minimum absolute atomic E-state index is 0.720. The quantitative estimate of drug-likeness (QED) is 0.846. The first kappa shape index (κ1) is 14.0. The van der Waals surface area contributed by atoms with Crippen LogP contribution >= 0.6 is 0 Å². The lowest BCUT2D eigenvalue weighted by atomic mass is 10.2. The second-order valence-electron chi connectivity index (χ2n) is 5.63. The molecule has 0 radical (unpaired) electrons. The minimum atomic E-state index is 0.720. The number of aromatic nitrogens is 2. The van der Waals surface area contributed by atoms with Gasteiger partial charge in [0.15, 0.2) is 0 Å². The number of nitrogens with one attached hydrogen (secondary N) is 1. The maximum Gasteiger partial charge on any atom is 0.128 e. The van der Waals surface area contributed by atoms with E-state index in [2.05, 4.69) is 46.5 Å². The Morgan fingerprint density at radius 1 is 1.14 bits per heavy atom. The highest BCUT2D eigenvalue weighted by Gasteiger charge is 2.20. The number of rotatable bonds is 7. The average Bonchev–Trinajstić information content (AvgIpc) is 3.36. The van der Waals surface area contributed by atoms with E-state index in [1.807, 2.05) is 18.3 Å². The van der Waals surface area contributed by atoms with Gasteiger partial charge in [-0.05, 0) is 37.1 Å². The maximum absolute atomic E-state index is 4.73. The highest BCUT2D eigenvalue weighted by atomic mass is 15.2. The van der Waals surface area contributed by atoms with Gasteiger partial charge in [0.1, 0.15) is 5.82 Å². The van der Waals surface area contributed by atoms with Gasteiger partial charge in [-0.15, -0.1) is 0 Å². The van der Waals surface area contributed by atoms with Crippen molar-refractivity contribution in [3.8, 4) is 0 Å². The van der Waals surface area contributed by atoms with Gasteiger partial charge in [0.05, 0.1) is 5.69 Å². The SMILES string of the molecule is CN(CCc1ccccn1)c1cccc(CNC2CC2)n1. The molecule has 1 aliphatic carbocycles. The number of hydrogen-bond donors (Lipinski definition) is 1. The summed E-state index contributed by atoms with van der Waals surface area (Å²) in [6, 6.07) is 13.0. The Morgan fingerprint density at radius 2 is 2.00 bits per heavy atom. The van der Waals surface area contributed by atoms with E-state index in [0.29, 0.717) is 0 Å². The molecule has 2 heterocycles. The van der Waals surface area contributed by atoms with E-state index in [9.17, 15) is 0 Å². The maximum atomic E-state index is 4.73. The van der Waals surface area contributed by atoms with Crippen molar-refractivity contribution in [3.63, 3.8) is 0 Å². The molecule has 0 amide bonds. The van der Waals surface area contributed by atoms with Crippen LogP contribution < -0.4 is 10.2 Å².